The summed E-state index contributed by atoms with van der Waals surface area (Å²) in [6, 6.07) is 16.5. The van der Waals surface area contributed by atoms with Crippen LogP contribution in [-0.2, 0) is 11.2 Å². The van der Waals surface area contributed by atoms with Crippen LogP contribution in [0, 0.1) is 0 Å². The molecule has 1 aliphatic heterocycles. The topological polar surface area (TPSA) is 63.2 Å². The number of fused-ring (bicyclic) bond motifs is 1. The molecule has 0 amide bonds. The fraction of sp³-hybridized carbons (Fsp3) is 0.250. The maximum absolute atomic E-state index is 12.4. The van der Waals surface area contributed by atoms with E-state index in [0.717, 1.165) is 48.2 Å². The summed E-state index contributed by atoms with van der Waals surface area (Å²) in [6.07, 6.45) is 5.17. The summed E-state index contributed by atoms with van der Waals surface area (Å²) in [7, 11) is 1.41. The molecule has 0 bridgehead atoms. The Hall–Kier alpha value is -3.34. The SMILES string of the molecule is COC(=O)c1cc(C2CC2)cnc1Nc1cc2c(c(-c3ccccc3)c1)NCC2. The van der Waals surface area contributed by atoms with Gasteiger partial charge in [-0.2, -0.15) is 0 Å². The standard InChI is InChI=1S/C24H23N3O2/c1-29-24(28)21-12-18(15-7-8-15)14-26-23(21)27-19-11-17-9-10-25-22(17)20(13-19)16-5-3-2-4-6-16/h2-6,11-15,25H,7-10H2,1H3,(H,26,27). The minimum atomic E-state index is -0.367. The Bertz CT molecular complexity index is 1070. The van der Waals surface area contributed by atoms with E-state index >= 15 is 0 Å². The number of ether oxygens (including phenoxy) is 1. The summed E-state index contributed by atoms with van der Waals surface area (Å²) >= 11 is 0. The molecule has 5 heteroatoms. The van der Waals surface area contributed by atoms with Crippen LogP contribution in [0.5, 0.6) is 0 Å². The van der Waals surface area contributed by atoms with Gasteiger partial charge in [-0.25, -0.2) is 9.78 Å². The highest BCUT2D eigenvalue weighted by molar-refractivity contribution is 5.96. The predicted molar refractivity (Wildman–Crippen MR) is 115 cm³/mol. The number of rotatable bonds is 5. The predicted octanol–water partition coefficient (Wildman–Crippen LogP) is 5.12. The summed E-state index contributed by atoms with van der Waals surface area (Å²) in [5, 5.41) is 6.88. The zero-order chi connectivity index (χ0) is 19.8. The fourth-order valence-electron chi connectivity index (χ4n) is 3.97. The third-order valence-corrected chi connectivity index (χ3v) is 5.63. The molecule has 1 saturated carbocycles. The van der Waals surface area contributed by atoms with Crippen molar-refractivity contribution in [3.8, 4) is 11.1 Å². The smallest absolute Gasteiger partial charge is 0.341 e. The summed E-state index contributed by atoms with van der Waals surface area (Å²) < 4.78 is 5.01. The molecule has 0 radical (unpaired) electrons. The van der Waals surface area contributed by atoms with Crippen molar-refractivity contribution in [2.75, 3.05) is 24.3 Å². The van der Waals surface area contributed by atoms with Gasteiger partial charge in [-0.3, -0.25) is 0 Å². The molecule has 0 unspecified atom stereocenters. The maximum atomic E-state index is 12.4. The zero-order valence-electron chi connectivity index (χ0n) is 16.4. The van der Waals surface area contributed by atoms with Crippen LogP contribution < -0.4 is 10.6 Å². The van der Waals surface area contributed by atoms with E-state index in [1.165, 1.54) is 18.4 Å². The highest BCUT2D eigenvalue weighted by Gasteiger charge is 2.26. The fourth-order valence-corrected chi connectivity index (χ4v) is 3.97. The maximum Gasteiger partial charge on any atom is 0.341 e. The van der Waals surface area contributed by atoms with Gasteiger partial charge in [0.1, 0.15) is 11.4 Å². The molecule has 0 spiro atoms. The van der Waals surface area contributed by atoms with Crippen LogP contribution in [0.25, 0.3) is 11.1 Å². The van der Waals surface area contributed by atoms with Crippen LogP contribution in [0.2, 0.25) is 0 Å². The van der Waals surface area contributed by atoms with Crippen molar-refractivity contribution in [3.63, 3.8) is 0 Å². The van der Waals surface area contributed by atoms with Gasteiger partial charge in [-0.15, -0.1) is 0 Å². The van der Waals surface area contributed by atoms with Crippen LogP contribution in [-0.4, -0.2) is 24.6 Å². The van der Waals surface area contributed by atoms with Gasteiger partial charge in [-0.1, -0.05) is 30.3 Å². The van der Waals surface area contributed by atoms with Crippen LogP contribution in [0.4, 0.5) is 17.2 Å². The Labute approximate surface area is 170 Å². The van der Waals surface area contributed by atoms with Gasteiger partial charge in [0, 0.05) is 29.7 Å². The van der Waals surface area contributed by atoms with Crippen molar-refractivity contribution in [1.29, 1.82) is 0 Å². The highest BCUT2D eigenvalue weighted by atomic mass is 16.5. The number of nitrogens with zero attached hydrogens (tertiary/aromatic N) is 1. The van der Waals surface area contributed by atoms with Crippen molar-refractivity contribution in [3.05, 3.63) is 71.4 Å². The highest BCUT2D eigenvalue weighted by Crippen LogP contribution is 2.41. The molecule has 2 aliphatic rings. The van der Waals surface area contributed by atoms with Crippen LogP contribution in [0.3, 0.4) is 0 Å². The number of nitrogens with one attached hydrogen (secondary N) is 2. The Morgan fingerprint density at radius 3 is 2.76 bits per heavy atom. The van der Waals surface area contributed by atoms with Crippen LogP contribution >= 0.6 is 0 Å². The minimum absolute atomic E-state index is 0.367. The summed E-state index contributed by atoms with van der Waals surface area (Å²) in [6.45, 7) is 0.931. The van der Waals surface area contributed by atoms with E-state index in [1.807, 2.05) is 30.5 Å². The van der Waals surface area contributed by atoms with Crippen molar-refractivity contribution >= 4 is 23.2 Å². The van der Waals surface area contributed by atoms with Gasteiger partial charge in [-0.05, 0) is 60.1 Å². The van der Waals surface area contributed by atoms with Gasteiger partial charge in [0.2, 0.25) is 0 Å². The van der Waals surface area contributed by atoms with Crippen LogP contribution in [0.1, 0.15) is 40.2 Å². The number of methoxy groups -OCH3 is 1. The molecule has 1 aromatic heterocycles. The molecule has 2 N–H and O–H groups in total. The number of benzene rings is 2. The van der Waals surface area contributed by atoms with E-state index in [2.05, 4.69) is 39.9 Å². The lowest BCUT2D eigenvalue weighted by Crippen LogP contribution is -2.08. The molecule has 2 aromatic carbocycles. The number of hydrogen-bond donors (Lipinski definition) is 2. The van der Waals surface area contributed by atoms with E-state index in [9.17, 15) is 4.79 Å². The number of aromatic nitrogens is 1. The molecule has 0 atom stereocenters. The molecular formula is C24H23N3O2. The first-order valence-corrected chi connectivity index (χ1v) is 10.0. The Kier molecular flexibility index (Phi) is 4.43. The van der Waals surface area contributed by atoms with Gasteiger partial charge < -0.3 is 15.4 Å². The van der Waals surface area contributed by atoms with E-state index < -0.39 is 0 Å². The van der Waals surface area contributed by atoms with Gasteiger partial charge in [0.25, 0.3) is 0 Å². The lowest BCUT2D eigenvalue weighted by molar-refractivity contribution is 0.0601. The molecule has 5 rings (SSSR count). The van der Waals surface area contributed by atoms with E-state index in [0.29, 0.717) is 17.3 Å². The molecule has 29 heavy (non-hydrogen) atoms. The van der Waals surface area contributed by atoms with Crippen LogP contribution in [0.15, 0.2) is 54.7 Å². The first-order chi connectivity index (χ1) is 14.2. The number of carbonyl (C=O) groups excluding carboxylic acids is 1. The lowest BCUT2D eigenvalue weighted by Gasteiger charge is -2.15. The molecular weight excluding hydrogens is 362 g/mol. The summed E-state index contributed by atoms with van der Waals surface area (Å²) in [4.78, 5) is 17.0. The van der Waals surface area contributed by atoms with Gasteiger partial charge in [0.05, 0.1) is 7.11 Å². The first kappa shape index (κ1) is 17.7. The summed E-state index contributed by atoms with van der Waals surface area (Å²) in [5.74, 6) is 0.690. The Balaban J connectivity index is 1.55. The van der Waals surface area contributed by atoms with Crippen molar-refractivity contribution in [1.82, 2.24) is 4.98 Å². The minimum Gasteiger partial charge on any atom is -0.465 e. The second-order valence-electron chi connectivity index (χ2n) is 7.66. The van der Waals surface area contributed by atoms with Crippen molar-refractivity contribution < 1.29 is 9.53 Å². The van der Waals surface area contributed by atoms with E-state index in [1.54, 1.807) is 0 Å². The average Bonchev–Trinajstić information content (AvgIpc) is 3.51. The average molecular weight is 385 g/mol. The molecule has 0 saturated heterocycles. The third kappa shape index (κ3) is 3.44. The molecule has 2 heterocycles. The van der Waals surface area contributed by atoms with E-state index in [4.69, 9.17) is 4.74 Å². The number of pyridine rings is 1. The van der Waals surface area contributed by atoms with Crippen molar-refractivity contribution in [2.45, 2.75) is 25.2 Å². The molecule has 3 aromatic rings. The first-order valence-electron chi connectivity index (χ1n) is 10.0. The lowest BCUT2D eigenvalue weighted by atomic mass is 9.99. The monoisotopic (exact) mass is 385 g/mol. The number of esters is 1. The number of carbonyl (C=O) groups is 1. The zero-order valence-corrected chi connectivity index (χ0v) is 16.4. The Morgan fingerprint density at radius 1 is 1.17 bits per heavy atom. The van der Waals surface area contributed by atoms with E-state index in [-0.39, 0.29) is 5.97 Å². The summed E-state index contributed by atoms with van der Waals surface area (Å²) in [5.41, 5.74) is 7.28. The molecule has 1 aliphatic carbocycles. The Morgan fingerprint density at radius 2 is 2.00 bits per heavy atom. The quantitative estimate of drug-likeness (QED) is 0.597. The molecule has 5 nitrogen and oxygen atoms in total. The second kappa shape index (κ2) is 7.24. The van der Waals surface area contributed by atoms with Gasteiger partial charge in [0.15, 0.2) is 0 Å². The van der Waals surface area contributed by atoms with Gasteiger partial charge >= 0.3 is 5.97 Å². The molecule has 146 valence electrons. The second-order valence-corrected chi connectivity index (χ2v) is 7.66. The van der Waals surface area contributed by atoms with Crippen molar-refractivity contribution in [2.24, 2.45) is 0 Å². The third-order valence-electron chi connectivity index (χ3n) is 5.63. The number of hydrogen-bond acceptors (Lipinski definition) is 5. The largest absolute Gasteiger partial charge is 0.465 e. The number of anilines is 3. The normalized spacial score (nSPS) is 14.8. The molecule has 1 fully saturated rings.